The summed E-state index contributed by atoms with van der Waals surface area (Å²) in [6, 6.07) is 7.57. The van der Waals surface area contributed by atoms with Crippen LogP contribution in [0, 0.1) is 6.92 Å². The smallest absolute Gasteiger partial charge is 0.281 e. The summed E-state index contributed by atoms with van der Waals surface area (Å²) in [4.78, 5) is 19.6. The van der Waals surface area contributed by atoms with Gasteiger partial charge in [0.1, 0.15) is 0 Å². The van der Waals surface area contributed by atoms with Crippen molar-refractivity contribution in [1.82, 2.24) is 0 Å². The Bertz CT molecular complexity index is 345. The monoisotopic (exact) mass is 220 g/mol. The van der Waals surface area contributed by atoms with Crippen LogP contribution in [0.15, 0.2) is 29.2 Å². The Morgan fingerprint density at radius 2 is 1.92 bits per heavy atom. The van der Waals surface area contributed by atoms with Crippen LogP contribution in [0.2, 0.25) is 0 Å². The van der Waals surface area contributed by atoms with Gasteiger partial charge >= 0.3 is 0 Å². The predicted octanol–water partition coefficient (Wildman–Crippen LogP) is 1.48. The van der Waals surface area contributed by atoms with E-state index in [0.717, 1.165) is 10.5 Å². The first kappa shape index (κ1) is 11.0. The fourth-order valence-corrected chi connectivity index (χ4v) is 3.36. The molecule has 2 N–H and O–H groups in total. The van der Waals surface area contributed by atoms with Gasteiger partial charge in [-0.2, -0.15) is 0 Å². The predicted molar refractivity (Wildman–Crippen MR) is 56.6 cm³/mol. The van der Waals surface area contributed by atoms with E-state index in [9.17, 15) is 9.79 Å². The van der Waals surface area contributed by atoms with Gasteiger partial charge in [0.05, 0.1) is 0 Å². The van der Waals surface area contributed by atoms with E-state index in [-0.39, 0.29) is 0 Å². The van der Waals surface area contributed by atoms with E-state index in [2.05, 4.69) is 4.52 Å². The van der Waals surface area contributed by atoms with E-state index in [1.807, 2.05) is 31.2 Å². The first-order chi connectivity index (χ1) is 6.05. The second-order valence-electron chi connectivity index (χ2n) is 2.58. The Morgan fingerprint density at radius 3 is 2.46 bits per heavy atom. The normalized spacial score (nSPS) is 11.7. The summed E-state index contributed by atoms with van der Waals surface area (Å²) in [5.74, 6) is 0. The van der Waals surface area contributed by atoms with Gasteiger partial charge in [-0.25, -0.2) is 0 Å². The average Bonchev–Trinajstić information content (AvgIpc) is 2.09. The lowest BCUT2D eigenvalue weighted by Crippen LogP contribution is -1.86. The Hall–Kier alpha value is -0.120. The van der Waals surface area contributed by atoms with Crippen molar-refractivity contribution < 1.29 is 14.3 Å². The molecular weight excluding hydrogens is 207 g/mol. The van der Waals surface area contributed by atoms with Crippen molar-refractivity contribution in [3.63, 3.8) is 0 Å². The third-order valence-corrected chi connectivity index (χ3v) is 4.98. The summed E-state index contributed by atoms with van der Waals surface area (Å²) in [6.07, 6.45) is 0. The molecule has 0 heterocycles. The molecule has 1 aromatic carbocycles. The molecular formula is C8H13O3PS. The molecule has 0 unspecified atom stereocenters. The largest absolute Gasteiger partial charge is 0.328 e. The van der Waals surface area contributed by atoms with Crippen LogP contribution in [0.5, 0.6) is 0 Å². The summed E-state index contributed by atoms with van der Waals surface area (Å²) in [5, 5.41) is 0. The molecule has 0 aliphatic carbocycles. The van der Waals surface area contributed by atoms with Crippen LogP contribution >= 0.6 is 6.72 Å². The second-order valence-corrected chi connectivity index (χ2v) is 6.82. The maximum atomic E-state index is 9.33. The van der Waals surface area contributed by atoms with Crippen molar-refractivity contribution in [2.45, 2.75) is 11.8 Å². The molecule has 0 radical (unpaired) electrons. The van der Waals surface area contributed by atoms with Crippen molar-refractivity contribution in [3.05, 3.63) is 29.8 Å². The highest BCUT2D eigenvalue weighted by molar-refractivity contribution is 8.16. The SMILES string of the molecule is COP(O)(O)=[SH]c1ccccc1C. The van der Waals surface area contributed by atoms with Crippen LogP contribution in [0.25, 0.3) is 0 Å². The van der Waals surface area contributed by atoms with Crippen LogP contribution in [0.4, 0.5) is 0 Å². The van der Waals surface area contributed by atoms with Crippen molar-refractivity contribution in [1.29, 1.82) is 0 Å². The Labute approximate surface area is 81.2 Å². The van der Waals surface area contributed by atoms with Gasteiger partial charge < -0.3 is 14.3 Å². The Kier molecular flexibility index (Phi) is 3.71. The minimum Gasteiger partial charge on any atom is -0.328 e. The number of aryl methyl sites for hydroxylation is 1. The van der Waals surface area contributed by atoms with Crippen LogP contribution in [-0.4, -0.2) is 16.9 Å². The lowest BCUT2D eigenvalue weighted by Gasteiger charge is -2.09. The van der Waals surface area contributed by atoms with Crippen LogP contribution in [0.3, 0.4) is 0 Å². The van der Waals surface area contributed by atoms with Gasteiger partial charge in [0.25, 0.3) is 6.72 Å². The zero-order valence-electron chi connectivity index (χ0n) is 7.51. The lowest BCUT2D eigenvalue weighted by molar-refractivity contribution is 0.306. The highest BCUT2D eigenvalue weighted by Crippen LogP contribution is 2.40. The number of hydrogen-bond donors (Lipinski definition) is 3. The van der Waals surface area contributed by atoms with Gasteiger partial charge in [-0.05, 0) is 18.6 Å². The molecule has 0 spiro atoms. The van der Waals surface area contributed by atoms with Crippen molar-refractivity contribution in [3.8, 4) is 0 Å². The topological polar surface area (TPSA) is 49.7 Å². The molecule has 3 nitrogen and oxygen atoms in total. The molecule has 0 saturated carbocycles. The molecule has 13 heavy (non-hydrogen) atoms. The summed E-state index contributed by atoms with van der Waals surface area (Å²) in [5.41, 5.74) is 1.04. The maximum absolute atomic E-state index is 9.33. The Morgan fingerprint density at radius 1 is 1.31 bits per heavy atom. The number of hydrogen-bond acceptors (Lipinski definition) is 1. The quantitative estimate of drug-likeness (QED) is 0.522. The zero-order valence-corrected chi connectivity index (χ0v) is 9.30. The summed E-state index contributed by atoms with van der Waals surface area (Å²) in [6.45, 7) is -1.27. The second kappa shape index (κ2) is 4.40. The van der Waals surface area contributed by atoms with Crippen LogP contribution in [-0.2, 0) is 15.5 Å². The van der Waals surface area contributed by atoms with Gasteiger partial charge in [-0.1, -0.05) is 29.1 Å². The van der Waals surface area contributed by atoms with E-state index >= 15 is 0 Å². The maximum Gasteiger partial charge on any atom is 0.281 e. The molecule has 1 aromatic rings. The lowest BCUT2D eigenvalue weighted by atomic mass is 10.2. The van der Waals surface area contributed by atoms with Crippen molar-refractivity contribution in [2.24, 2.45) is 0 Å². The van der Waals surface area contributed by atoms with E-state index in [4.69, 9.17) is 0 Å². The minimum atomic E-state index is -3.20. The molecule has 74 valence electrons. The van der Waals surface area contributed by atoms with E-state index in [1.165, 1.54) is 7.11 Å². The number of thiol groups is 1. The Balaban J connectivity index is 3.11. The molecule has 0 amide bonds. The molecule has 0 atom stereocenters. The minimum absolute atomic E-state index is 0.451. The highest BCUT2D eigenvalue weighted by Gasteiger charge is 2.06. The molecule has 0 fully saturated rings. The number of rotatable bonds is 2. The van der Waals surface area contributed by atoms with Crippen LogP contribution < -0.4 is 0 Å². The van der Waals surface area contributed by atoms with E-state index in [0.29, 0.717) is 10.9 Å². The average molecular weight is 220 g/mol. The molecule has 1 rings (SSSR count). The molecule has 0 aliphatic rings. The van der Waals surface area contributed by atoms with Gasteiger partial charge in [0.2, 0.25) is 0 Å². The van der Waals surface area contributed by atoms with Crippen molar-refractivity contribution in [2.75, 3.05) is 7.11 Å². The first-order valence-corrected chi connectivity index (χ1v) is 6.95. The van der Waals surface area contributed by atoms with Gasteiger partial charge in [0.15, 0.2) is 0 Å². The molecule has 5 heteroatoms. The highest BCUT2D eigenvalue weighted by atomic mass is 32.5. The van der Waals surface area contributed by atoms with Crippen LogP contribution in [0.1, 0.15) is 5.56 Å². The van der Waals surface area contributed by atoms with Crippen molar-refractivity contribution >= 4 is 17.7 Å². The zero-order chi connectivity index (χ0) is 9.90. The summed E-state index contributed by atoms with van der Waals surface area (Å²) >= 11 is 0. The number of benzene rings is 1. The van der Waals surface area contributed by atoms with Gasteiger partial charge in [0, 0.05) is 12.0 Å². The molecule has 0 aliphatic heterocycles. The third kappa shape index (κ3) is 3.25. The third-order valence-electron chi connectivity index (χ3n) is 1.60. The summed E-state index contributed by atoms with van der Waals surface area (Å²) < 4.78 is 4.61. The van der Waals surface area contributed by atoms with E-state index in [1.54, 1.807) is 0 Å². The summed E-state index contributed by atoms with van der Waals surface area (Å²) in [7, 11) is 1.76. The molecule has 0 saturated heterocycles. The van der Waals surface area contributed by atoms with Gasteiger partial charge in [-0.15, -0.1) is 0 Å². The molecule has 0 bridgehead atoms. The fraction of sp³-hybridized carbons (Fsp3) is 0.250. The first-order valence-electron chi connectivity index (χ1n) is 3.74. The van der Waals surface area contributed by atoms with Gasteiger partial charge in [-0.3, -0.25) is 0 Å². The standard InChI is InChI=1S/C8H13O3PS/c1-7-5-3-4-6-8(7)13-12(9,10)11-2/h3-6,9-10,13H,1-2H3. The molecule has 0 aromatic heterocycles. The fourth-order valence-electron chi connectivity index (χ4n) is 0.857. The van der Waals surface area contributed by atoms with E-state index < -0.39 is 6.72 Å².